The van der Waals surface area contributed by atoms with Crippen LogP contribution in [0.2, 0.25) is 0 Å². The van der Waals surface area contributed by atoms with Crippen LogP contribution in [-0.2, 0) is 9.59 Å². The molecule has 16 heavy (non-hydrogen) atoms. The SMILES string of the molecule is O=C(O)N1CCC(NC(=O)C(F)(F)F)C1=O. The van der Waals surface area contributed by atoms with Crippen molar-refractivity contribution in [2.75, 3.05) is 6.54 Å². The molecule has 0 aromatic rings. The van der Waals surface area contributed by atoms with E-state index >= 15 is 0 Å². The highest BCUT2D eigenvalue weighted by atomic mass is 19.4. The van der Waals surface area contributed by atoms with E-state index in [1.165, 1.54) is 5.32 Å². The molecule has 6 nitrogen and oxygen atoms in total. The first kappa shape index (κ1) is 12.3. The molecule has 0 spiro atoms. The van der Waals surface area contributed by atoms with E-state index in [4.69, 9.17) is 5.11 Å². The fraction of sp³-hybridized carbons (Fsp3) is 0.571. The van der Waals surface area contributed by atoms with E-state index in [-0.39, 0.29) is 13.0 Å². The lowest BCUT2D eigenvalue weighted by Gasteiger charge is -2.13. The average Bonchev–Trinajstić information content (AvgIpc) is 2.46. The second-order valence-electron chi connectivity index (χ2n) is 3.08. The highest BCUT2D eigenvalue weighted by Crippen LogP contribution is 2.17. The molecule has 0 aromatic heterocycles. The smallest absolute Gasteiger partial charge is 0.465 e. The first-order valence-electron chi connectivity index (χ1n) is 4.15. The molecule has 1 atom stereocenters. The van der Waals surface area contributed by atoms with Crippen LogP contribution in [0.3, 0.4) is 0 Å². The molecule has 9 heteroatoms. The third-order valence-electron chi connectivity index (χ3n) is 2.00. The van der Waals surface area contributed by atoms with Crippen LogP contribution in [0.1, 0.15) is 6.42 Å². The minimum atomic E-state index is -5.09. The van der Waals surface area contributed by atoms with Gasteiger partial charge in [-0.2, -0.15) is 13.2 Å². The summed E-state index contributed by atoms with van der Waals surface area (Å²) in [4.78, 5) is 32.4. The lowest BCUT2D eigenvalue weighted by molar-refractivity contribution is -0.174. The van der Waals surface area contributed by atoms with Gasteiger partial charge >= 0.3 is 18.2 Å². The monoisotopic (exact) mass is 240 g/mol. The van der Waals surface area contributed by atoms with Crippen LogP contribution >= 0.6 is 0 Å². The number of hydrogen-bond donors (Lipinski definition) is 2. The zero-order valence-electron chi connectivity index (χ0n) is 7.74. The Kier molecular flexibility index (Phi) is 3.06. The van der Waals surface area contributed by atoms with Gasteiger partial charge in [0.2, 0.25) is 0 Å². The molecule has 0 aliphatic carbocycles. The molecule has 1 heterocycles. The summed E-state index contributed by atoms with van der Waals surface area (Å²) in [5, 5.41) is 9.90. The highest BCUT2D eigenvalue weighted by molar-refractivity contribution is 5.98. The predicted octanol–water partition coefficient (Wildman–Crippen LogP) is -0.0562. The normalized spacial score (nSPS) is 21.1. The van der Waals surface area contributed by atoms with Gasteiger partial charge in [0.1, 0.15) is 6.04 Å². The number of likely N-dealkylation sites (tertiary alicyclic amines) is 1. The fourth-order valence-corrected chi connectivity index (χ4v) is 1.24. The van der Waals surface area contributed by atoms with Crippen molar-refractivity contribution >= 4 is 17.9 Å². The van der Waals surface area contributed by atoms with Crippen molar-refractivity contribution in [3.05, 3.63) is 0 Å². The molecule has 1 unspecified atom stereocenters. The molecule has 0 radical (unpaired) electrons. The topological polar surface area (TPSA) is 86.7 Å². The maximum Gasteiger partial charge on any atom is 0.471 e. The Hall–Kier alpha value is -1.80. The number of hydrogen-bond acceptors (Lipinski definition) is 3. The van der Waals surface area contributed by atoms with Gasteiger partial charge in [-0.05, 0) is 6.42 Å². The second-order valence-corrected chi connectivity index (χ2v) is 3.08. The Morgan fingerprint density at radius 1 is 1.44 bits per heavy atom. The van der Waals surface area contributed by atoms with E-state index in [0.717, 1.165) is 0 Å². The molecule has 0 bridgehead atoms. The number of halogens is 3. The third kappa shape index (κ3) is 2.41. The Bertz CT molecular complexity index is 341. The maximum absolute atomic E-state index is 11.8. The summed E-state index contributed by atoms with van der Waals surface area (Å²) in [6.45, 7) is -0.225. The van der Waals surface area contributed by atoms with E-state index < -0.39 is 30.1 Å². The number of imide groups is 1. The van der Waals surface area contributed by atoms with Crippen molar-refractivity contribution in [3.8, 4) is 0 Å². The van der Waals surface area contributed by atoms with Gasteiger partial charge in [0.25, 0.3) is 5.91 Å². The highest BCUT2D eigenvalue weighted by Gasteiger charge is 2.44. The van der Waals surface area contributed by atoms with Gasteiger partial charge in [-0.15, -0.1) is 0 Å². The minimum Gasteiger partial charge on any atom is -0.465 e. The summed E-state index contributed by atoms with van der Waals surface area (Å²) in [5.41, 5.74) is 0. The number of nitrogens with zero attached hydrogens (tertiary/aromatic N) is 1. The van der Waals surface area contributed by atoms with Crippen LogP contribution in [0.25, 0.3) is 0 Å². The predicted molar refractivity (Wildman–Crippen MR) is 42.3 cm³/mol. The molecule has 1 aliphatic rings. The Morgan fingerprint density at radius 3 is 2.38 bits per heavy atom. The number of carboxylic acid groups (broad SMARTS) is 1. The average molecular weight is 240 g/mol. The third-order valence-corrected chi connectivity index (χ3v) is 2.00. The van der Waals surface area contributed by atoms with Crippen molar-refractivity contribution in [2.24, 2.45) is 0 Å². The lowest BCUT2D eigenvalue weighted by Crippen LogP contribution is -2.47. The molecule has 0 saturated carbocycles. The van der Waals surface area contributed by atoms with Crippen LogP contribution < -0.4 is 5.32 Å². The summed E-state index contributed by atoms with van der Waals surface area (Å²) in [6.07, 6.45) is -6.79. The van der Waals surface area contributed by atoms with Crippen LogP contribution in [0, 0.1) is 0 Å². The molecule has 1 saturated heterocycles. The van der Waals surface area contributed by atoms with Crippen LogP contribution in [0.5, 0.6) is 0 Å². The van der Waals surface area contributed by atoms with Crippen molar-refractivity contribution in [1.29, 1.82) is 0 Å². The van der Waals surface area contributed by atoms with Crippen LogP contribution in [0.4, 0.5) is 18.0 Å². The lowest BCUT2D eigenvalue weighted by atomic mass is 10.2. The van der Waals surface area contributed by atoms with Gasteiger partial charge < -0.3 is 10.4 Å². The van der Waals surface area contributed by atoms with Gasteiger partial charge in [0.15, 0.2) is 0 Å². The number of alkyl halides is 3. The van der Waals surface area contributed by atoms with Crippen LogP contribution in [-0.4, -0.2) is 46.7 Å². The summed E-state index contributed by atoms with van der Waals surface area (Å²) < 4.78 is 35.5. The Balaban J connectivity index is 2.63. The number of nitrogens with one attached hydrogen (secondary N) is 1. The van der Waals surface area contributed by atoms with Crippen LogP contribution in [0.15, 0.2) is 0 Å². The molecule has 2 N–H and O–H groups in total. The van der Waals surface area contributed by atoms with Crippen molar-refractivity contribution < 1.29 is 32.7 Å². The number of carbonyl (C=O) groups excluding carboxylic acids is 2. The zero-order chi connectivity index (χ0) is 12.5. The number of rotatable bonds is 1. The zero-order valence-corrected chi connectivity index (χ0v) is 7.74. The van der Waals surface area contributed by atoms with Gasteiger partial charge in [0.05, 0.1) is 0 Å². The maximum atomic E-state index is 11.8. The molecular weight excluding hydrogens is 233 g/mol. The van der Waals surface area contributed by atoms with E-state index in [0.29, 0.717) is 4.90 Å². The molecule has 3 amide bonds. The molecule has 1 fully saturated rings. The summed E-state index contributed by atoms with van der Waals surface area (Å²) in [7, 11) is 0. The fourth-order valence-electron chi connectivity index (χ4n) is 1.24. The number of carbonyl (C=O) groups is 3. The van der Waals surface area contributed by atoms with Gasteiger partial charge in [-0.25, -0.2) is 9.69 Å². The molecule has 1 rings (SSSR count). The van der Waals surface area contributed by atoms with E-state index in [9.17, 15) is 27.6 Å². The minimum absolute atomic E-state index is 0.160. The van der Waals surface area contributed by atoms with E-state index in [1.54, 1.807) is 0 Å². The van der Waals surface area contributed by atoms with E-state index in [2.05, 4.69) is 0 Å². The molecule has 90 valence electrons. The summed E-state index contributed by atoms with van der Waals surface area (Å²) in [6, 6.07) is -1.43. The van der Waals surface area contributed by atoms with Gasteiger partial charge in [0, 0.05) is 6.54 Å². The van der Waals surface area contributed by atoms with Gasteiger partial charge in [-0.3, -0.25) is 9.59 Å². The summed E-state index contributed by atoms with van der Waals surface area (Å²) in [5.74, 6) is -3.30. The Labute approximate surface area is 87.0 Å². The second kappa shape index (κ2) is 3.99. The van der Waals surface area contributed by atoms with Gasteiger partial charge in [-0.1, -0.05) is 0 Å². The first-order chi connectivity index (χ1) is 7.23. The van der Waals surface area contributed by atoms with E-state index in [1.807, 2.05) is 0 Å². The number of amides is 3. The Morgan fingerprint density at radius 2 is 2.00 bits per heavy atom. The largest absolute Gasteiger partial charge is 0.471 e. The quantitative estimate of drug-likeness (QED) is 0.672. The molecular formula is C7H7F3N2O4. The molecule has 0 aromatic carbocycles. The van der Waals surface area contributed by atoms with Crippen molar-refractivity contribution in [2.45, 2.75) is 18.6 Å². The van der Waals surface area contributed by atoms with Crippen molar-refractivity contribution in [1.82, 2.24) is 10.2 Å². The molecule has 1 aliphatic heterocycles. The standard InChI is InChI=1S/C7H7F3N2O4/c8-7(9,10)5(14)11-3-1-2-12(4(3)13)6(15)16/h3H,1-2H2,(H,11,14)(H,15,16). The summed E-state index contributed by atoms with van der Waals surface area (Å²) >= 11 is 0. The van der Waals surface area contributed by atoms with Crippen molar-refractivity contribution in [3.63, 3.8) is 0 Å². The first-order valence-corrected chi connectivity index (χ1v) is 4.15.